The van der Waals surface area contributed by atoms with E-state index in [1.165, 1.54) is 5.56 Å². The maximum absolute atomic E-state index is 5.82. The minimum absolute atomic E-state index is 0.268. The zero-order valence-corrected chi connectivity index (χ0v) is 12.5. The van der Waals surface area contributed by atoms with Crippen LogP contribution in [0.2, 0.25) is 0 Å². The van der Waals surface area contributed by atoms with E-state index in [9.17, 15) is 0 Å². The Bertz CT molecular complexity index is 497. The third kappa shape index (κ3) is 2.63. The van der Waals surface area contributed by atoms with E-state index in [0.717, 1.165) is 49.8 Å². The lowest BCUT2D eigenvalue weighted by atomic mass is 9.89. The van der Waals surface area contributed by atoms with E-state index in [-0.39, 0.29) is 11.5 Å². The minimum Gasteiger partial charge on any atom is -0.496 e. The molecule has 1 fully saturated rings. The fraction of sp³-hybridized carbons (Fsp3) is 0.625. The van der Waals surface area contributed by atoms with Crippen molar-refractivity contribution in [3.05, 3.63) is 23.3 Å². The fourth-order valence-corrected chi connectivity index (χ4v) is 2.86. The van der Waals surface area contributed by atoms with Crippen LogP contribution in [0.15, 0.2) is 12.1 Å². The van der Waals surface area contributed by atoms with Crippen LogP contribution in [-0.2, 0) is 17.7 Å². The molecule has 0 aromatic heterocycles. The van der Waals surface area contributed by atoms with Gasteiger partial charge in [0.1, 0.15) is 17.6 Å². The molecule has 0 radical (unpaired) electrons. The summed E-state index contributed by atoms with van der Waals surface area (Å²) in [7, 11) is 1.73. The second-order valence-electron chi connectivity index (χ2n) is 6.31. The molecule has 4 heteroatoms. The third-order valence-corrected chi connectivity index (χ3v) is 4.07. The summed E-state index contributed by atoms with van der Waals surface area (Å²) in [6.07, 6.45) is 1.23. The van der Waals surface area contributed by atoms with Crippen molar-refractivity contribution in [2.75, 3.05) is 26.9 Å². The largest absolute Gasteiger partial charge is 0.496 e. The van der Waals surface area contributed by atoms with Crippen molar-refractivity contribution in [3.8, 4) is 11.5 Å². The topological polar surface area (TPSA) is 39.7 Å². The highest BCUT2D eigenvalue weighted by Crippen LogP contribution is 2.35. The lowest BCUT2D eigenvalue weighted by molar-refractivity contribution is -0.0991. The molecule has 4 nitrogen and oxygen atoms in total. The highest BCUT2D eigenvalue weighted by molar-refractivity contribution is 5.48. The number of fused-ring (bicyclic) bond motifs is 1. The van der Waals surface area contributed by atoms with E-state index in [4.69, 9.17) is 14.2 Å². The van der Waals surface area contributed by atoms with Crippen LogP contribution < -0.4 is 14.8 Å². The van der Waals surface area contributed by atoms with Gasteiger partial charge in [-0.1, -0.05) is 6.92 Å². The average Bonchev–Trinajstić information content (AvgIpc) is 2.74. The van der Waals surface area contributed by atoms with Gasteiger partial charge in [-0.15, -0.1) is 0 Å². The van der Waals surface area contributed by atoms with Gasteiger partial charge in [0.25, 0.3) is 0 Å². The Balaban J connectivity index is 1.67. The van der Waals surface area contributed by atoms with Gasteiger partial charge in [0.05, 0.1) is 20.3 Å². The number of nitrogens with one attached hydrogen (secondary N) is 1. The quantitative estimate of drug-likeness (QED) is 0.895. The van der Waals surface area contributed by atoms with Gasteiger partial charge in [-0.2, -0.15) is 0 Å². The SMILES string of the molecule is COc1cc2c(cc1CNCC1(C)COC1)OC(C)C2. The monoisotopic (exact) mass is 277 g/mol. The molecule has 2 heterocycles. The molecule has 0 aliphatic carbocycles. The zero-order chi connectivity index (χ0) is 14.2. The molecular formula is C16H23NO3. The van der Waals surface area contributed by atoms with Gasteiger partial charge >= 0.3 is 0 Å². The Morgan fingerprint density at radius 2 is 2.20 bits per heavy atom. The molecule has 2 aliphatic heterocycles. The van der Waals surface area contributed by atoms with Crippen LogP contribution in [0, 0.1) is 5.41 Å². The van der Waals surface area contributed by atoms with E-state index in [0.29, 0.717) is 0 Å². The molecule has 0 saturated carbocycles. The van der Waals surface area contributed by atoms with Crippen molar-refractivity contribution >= 4 is 0 Å². The Kier molecular flexibility index (Phi) is 3.61. The highest BCUT2D eigenvalue weighted by atomic mass is 16.5. The summed E-state index contributed by atoms with van der Waals surface area (Å²) in [5.41, 5.74) is 2.69. The summed E-state index contributed by atoms with van der Waals surface area (Å²) in [4.78, 5) is 0. The number of hydrogen-bond donors (Lipinski definition) is 1. The number of hydrogen-bond acceptors (Lipinski definition) is 4. The second kappa shape index (κ2) is 5.26. The molecule has 1 aromatic carbocycles. The molecule has 20 heavy (non-hydrogen) atoms. The van der Waals surface area contributed by atoms with E-state index >= 15 is 0 Å². The first-order valence-electron chi connectivity index (χ1n) is 7.24. The first-order chi connectivity index (χ1) is 9.59. The summed E-state index contributed by atoms with van der Waals surface area (Å²) >= 11 is 0. The Morgan fingerprint density at radius 1 is 1.40 bits per heavy atom. The van der Waals surface area contributed by atoms with Crippen LogP contribution in [0.4, 0.5) is 0 Å². The van der Waals surface area contributed by atoms with Crippen LogP contribution >= 0.6 is 0 Å². The molecule has 0 spiro atoms. The molecule has 110 valence electrons. The van der Waals surface area contributed by atoms with Gasteiger partial charge in [0, 0.05) is 36.1 Å². The predicted molar refractivity (Wildman–Crippen MR) is 77.4 cm³/mol. The van der Waals surface area contributed by atoms with Gasteiger partial charge in [0.15, 0.2) is 0 Å². The van der Waals surface area contributed by atoms with Crippen LogP contribution in [0.3, 0.4) is 0 Å². The molecule has 1 N–H and O–H groups in total. The maximum atomic E-state index is 5.82. The first-order valence-corrected chi connectivity index (χ1v) is 7.24. The van der Waals surface area contributed by atoms with E-state index in [2.05, 4.69) is 31.3 Å². The molecule has 1 atom stereocenters. The number of benzene rings is 1. The summed E-state index contributed by atoms with van der Waals surface area (Å²) < 4.78 is 16.6. The van der Waals surface area contributed by atoms with Crippen molar-refractivity contribution in [1.29, 1.82) is 0 Å². The normalized spacial score (nSPS) is 22.9. The Labute approximate surface area is 120 Å². The smallest absolute Gasteiger partial charge is 0.123 e. The minimum atomic E-state index is 0.268. The summed E-state index contributed by atoms with van der Waals surface area (Å²) in [6.45, 7) is 7.80. The standard InChI is InChI=1S/C16H23NO3/c1-11-4-12-5-14(18-3)13(6-15(12)20-11)7-17-8-16(2)9-19-10-16/h5-6,11,17H,4,7-10H2,1-3H3. The van der Waals surface area contributed by atoms with Gasteiger partial charge in [-0.3, -0.25) is 0 Å². The maximum Gasteiger partial charge on any atom is 0.123 e. The summed E-state index contributed by atoms with van der Waals surface area (Å²) in [6, 6.07) is 4.23. The molecule has 0 amide bonds. The van der Waals surface area contributed by atoms with Crippen LogP contribution in [0.25, 0.3) is 0 Å². The van der Waals surface area contributed by atoms with Crippen molar-refractivity contribution in [2.45, 2.75) is 32.9 Å². The van der Waals surface area contributed by atoms with Crippen LogP contribution in [0.5, 0.6) is 11.5 Å². The Hall–Kier alpha value is -1.26. The zero-order valence-electron chi connectivity index (χ0n) is 12.5. The summed E-state index contributed by atoms with van der Waals surface area (Å²) in [5, 5.41) is 3.51. The lowest BCUT2D eigenvalue weighted by Crippen LogP contribution is -2.47. The van der Waals surface area contributed by atoms with Crippen LogP contribution in [0.1, 0.15) is 25.0 Å². The predicted octanol–water partition coefficient (Wildman–Crippen LogP) is 2.14. The van der Waals surface area contributed by atoms with Crippen LogP contribution in [-0.4, -0.2) is 33.0 Å². The van der Waals surface area contributed by atoms with Gasteiger partial charge in [-0.25, -0.2) is 0 Å². The van der Waals surface area contributed by atoms with Crippen molar-refractivity contribution in [1.82, 2.24) is 5.32 Å². The molecule has 1 unspecified atom stereocenters. The lowest BCUT2D eigenvalue weighted by Gasteiger charge is -2.38. The number of rotatable bonds is 5. The molecule has 2 aliphatic rings. The van der Waals surface area contributed by atoms with Gasteiger partial charge in [0.2, 0.25) is 0 Å². The molecule has 3 rings (SSSR count). The highest BCUT2D eigenvalue weighted by Gasteiger charge is 2.32. The van der Waals surface area contributed by atoms with Gasteiger partial charge < -0.3 is 19.5 Å². The fourth-order valence-electron chi connectivity index (χ4n) is 2.86. The van der Waals surface area contributed by atoms with Crippen molar-refractivity contribution in [2.24, 2.45) is 5.41 Å². The van der Waals surface area contributed by atoms with E-state index in [1.54, 1.807) is 7.11 Å². The second-order valence-corrected chi connectivity index (χ2v) is 6.31. The van der Waals surface area contributed by atoms with E-state index in [1.807, 2.05) is 0 Å². The summed E-state index contributed by atoms with van der Waals surface area (Å²) in [5.74, 6) is 1.96. The van der Waals surface area contributed by atoms with Gasteiger partial charge in [-0.05, 0) is 19.1 Å². The third-order valence-electron chi connectivity index (χ3n) is 4.07. The number of methoxy groups -OCH3 is 1. The number of ether oxygens (including phenoxy) is 3. The molecular weight excluding hydrogens is 254 g/mol. The van der Waals surface area contributed by atoms with Crippen molar-refractivity contribution in [3.63, 3.8) is 0 Å². The van der Waals surface area contributed by atoms with E-state index < -0.39 is 0 Å². The Morgan fingerprint density at radius 3 is 2.85 bits per heavy atom. The molecule has 1 aromatic rings. The average molecular weight is 277 g/mol. The molecule has 1 saturated heterocycles. The molecule has 0 bridgehead atoms. The first kappa shape index (κ1) is 13.7. The van der Waals surface area contributed by atoms with Crippen molar-refractivity contribution < 1.29 is 14.2 Å².